The summed E-state index contributed by atoms with van der Waals surface area (Å²) in [4.78, 5) is 7.17. The van der Waals surface area contributed by atoms with Crippen LogP contribution >= 0.6 is 11.6 Å². The molecule has 4 rings (SSSR count). The van der Waals surface area contributed by atoms with Crippen LogP contribution in [0.1, 0.15) is 45.7 Å². The molecule has 0 unspecified atom stereocenters. The van der Waals surface area contributed by atoms with Crippen LogP contribution in [0.2, 0.25) is 0 Å². The molecule has 2 aliphatic heterocycles. The molecule has 2 heterocycles. The lowest BCUT2D eigenvalue weighted by atomic mass is 9.81. The standard InChI is InChI=1S/C29H33ClN2O2/c1-8-32-25-14-12-21(34-7)18-23(25)29(4,5)27(32)16-10-19(30)9-15-26-28(2,3)22-17-20(33-6)11-13-24(22)31-26/h9-18H,8H2,1-7H3/b15-9+,19-10-,27-16+. The van der Waals surface area contributed by atoms with Crippen LogP contribution in [0.15, 0.2) is 76.4 Å². The predicted molar refractivity (Wildman–Crippen MR) is 143 cm³/mol. The first-order valence-corrected chi connectivity index (χ1v) is 12.0. The summed E-state index contributed by atoms with van der Waals surface area (Å²) in [7, 11) is 3.39. The molecule has 34 heavy (non-hydrogen) atoms. The van der Waals surface area contributed by atoms with Gasteiger partial charge in [0.15, 0.2) is 0 Å². The summed E-state index contributed by atoms with van der Waals surface area (Å²) in [6, 6.07) is 12.3. The Balaban J connectivity index is 1.60. The Hall–Kier alpha value is -2.98. The van der Waals surface area contributed by atoms with Crippen molar-refractivity contribution in [2.45, 2.75) is 45.4 Å². The number of ether oxygens (including phenoxy) is 2. The highest BCUT2D eigenvalue weighted by Crippen LogP contribution is 2.49. The second kappa shape index (κ2) is 8.99. The maximum atomic E-state index is 6.65. The zero-order valence-corrected chi connectivity index (χ0v) is 21.8. The van der Waals surface area contributed by atoms with E-state index in [1.165, 1.54) is 16.9 Å². The molecular weight excluding hydrogens is 444 g/mol. The maximum absolute atomic E-state index is 6.65. The highest BCUT2D eigenvalue weighted by atomic mass is 35.5. The minimum absolute atomic E-state index is 0.157. The van der Waals surface area contributed by atoms with Gasteiger partial charge in [-0.05, 0) is 78.8 Å². The van der Waals surface area contributed by atoms with Gasteiger partial charge >= 0.3 is 0 Å². The van der Waals surface area contributed by atoms with E-state index < -0.39 is 0 Å². The van der Waals surface area contributed by atoms with Crippen molar-refractivity contribution in [3.05, 3.63) is 82.6 Å². The van der Waals surface area contributed by atoms with E-state index in [0.29, 0.717) is 5.03 Å². The second-order valence-electron chi connectivity index (χ2n) is 9.69. The van der Waals surface area contributed by atoms with Crippen molar-refractivity contribution in [3.63, 3.8) is 0 Å². The van der Waals surface area contributed by atoms with Crippen molar-refractivity contribution in [2.24, 2.45) is 4.99 Å². The van der Waals surface area contributed by atoms with E-state index in [-0.39, 0.29) is 10.8 Å². The van der Waals surface area contributed by atoms with Crippen LogP contribution in [-0.4, -0.2) is 26.5 Å². The van der Waals surface area contributed by atoms with Crippen LogP contribution in [0.5, 0.6) is 11.5 Å². The molecule has 0 aromatic heterocycles. The monoisotopic (exact) mass is 476 g/mol. The molecule has 5 heteroatoms. The Morgan fingerprint density at radius 1 is 0.971 bits per heavy atom. The molecule has 0 fully saturated rings. The largest absolute Gasteiger partial charge is 0.497 e. The highest BCUT2D eigenvalue weighted by molar-refractivity contribution is 6.31. The fourth-order valence-corrected chi connectivity index (χ4v) is 5.01. The number of likely N-dealkylation sites (N-methyl/N-ethyl adjacent to an activating group) is 1. The highest BCUT2D eigenvalue weighted by Gasteiger charge is 2.39. The molecule has 0 atom stereocenters. The van der Waals surface area contributed by atoms with Crippen molar-refractivity contribution in [1.29, 1.82) is 0 Å². The third kappa shape index (κ3) is 4.05. The molecule has 0 saturated heterocycles. The van der Waals surface area contributed by atoms with E-state index >= 15 is 0 Å². The van der Waals surface area contributed by atoms with E-state index in [4.69, 9.17) is 26.1 Å². The van der Waals surface area contributed by atoms with Crippen molar-refractivity contribution in [3.8, 4) is 11.5 Å². The lowest BCUT2D eigenvalue weighted by Crippen LogP contribution is -2.25. The topological polar surface area (TPSA) is 34.1 Å². The molecule has 2 aliphatic rings. The van der Waals surface area contributed by atoms with Crippen molar-refractivity contribution in [1.82, 2.24) is 0 Å². The summed E-state index contributed by atoms with van der Waals surface area (Å²) in [6.45, 7) is 11.9. The zero-order valence-electron chi connectivity index (χ0n) is 21.1. The summed E-state index contributed by atoms with van der Waals surface area (Å²) in [5.74, 6) is 1.72. The number of hydrogen-bond acceptors (Lipinski definition) is 4. The van der Waals surface area contributed by atoms with Crippen LogP contribution in [0, 0.1) is 0 Å². The van der Waals surface area contributed by atoms with Gasteiger partial charge in [0.2, 0.25) is 0 Å². The van der Waals surface area contributed by atoms with Gasteiger partial charge in [-0.15, -0.1) is 0 Å². The normalized spacial score (nSPS) is 19.4. The van der Waals surface area contributed by atoms with Gasteiger partial charge in [0.1, 0.15) is 11.5 Å². The Morgan fingerprint density at radius 3 is 2.26 bits per heavy atom. The van der Waals surface area contributed by atoms with Gasteiger partial charge in [-0.3, -0.25) is 4.99 Å². The van der Waals surface area contributed by atoms with E-state index in [0.717, 1.165) is 35.0 Å². The molecule has 0 aliphatic carbocycles. The maximum Gasteiger partial charge on any atom is 0.119 e. The SMILES string of the molecule is CCN1/C(=C/C=C(Cl)/C=C/C2=Nc3ccc(OC)cc3C2(C)C)C(C)(C)c2cc(OC)ccc21. The predicted octanol–water partition coefficient (Wildman–Crippen LogP) is 7.45. The van der Waals surface area contributed by atoms with Crippen LogP contribution in [-0.2, 0) is 10.8 Å². The summed E-state index contributed by atoms with van der Waals surface area (Å²) < 4.78 is 10.9. The number of hydrogen-bond donors (Lipinski definition) is 0. The molecule has 178 valence electrons. The lowest BCUT2D eigenvalue weighted by Gasteiger charge is -2.25. The second-order valence-corrected chi connectivity index (χ2v) is 10.1. The Kier molecular flexibility index (Phi) is 6.39. The van der Waals surface area contributed by atoms with Gasteiger partial charge in [-0.2, -0.15) is 0 Å². The van der Waals surface area contributed by atoms with Crippen LogP contribution in [0.25, 0.3) is 0 Å². The molecule has 0 saturated carbocycles. The number of nitrogens with zero attached hydrogens (tertiary/aromatic N) is 2. The average molecular weight is 477 g/mol. The number of benzene rings is 2. The fourth-order valence-electron chi connectivity index (χ4n) is 4.89. The van der Waals surface area contributed by atoms with Gasteiger partial charge < -0.3 is 14.4 Å². The minimum atomic E-state index is -0.219. The summed E-state index contributed by atoms with van der Waals surface area (Å²) in [6.07, 6.45) is 8.04. The first-order chi connectivity index (χ1) is 16.1. The summed E-state index contributed by atoms with van der Waals surface area (Å²) >= 11 is 6.65. The Bertz CT molecular complexity index is 1230. The number of aliphatic imine (C=N–C) groups is 1. The molecule has 0 bridgehead atoms. The van der Waals surface area contributed by atoms with E-state index in [1.807, 2.05) is 36.4 Å². The molecule has 2 aromatic carbocycles. The van der Waals surface area contributed by atoms with Crippen molar-refractivity contribution < 1.29 is 9.47 Å². The minimum Gasteiger partial charge on any atom is -0.497 e. The fraction of sp³-hybridized carbons (Fsp3) is 0.345. The first kappa shape index (κ1) is 24.2. The number of fused-ring (bicyclic) bond motifs is 2. The van der Waals surface area contributed by atoms with Crippen LogP contribution < -0.4 is 14.4 Å². The summed E-state index contributed by atoms with van der Waals surface area (Å²) in [5, 5.41) is 0.653. The van der Waals surface area contributed by atoms with E-state index in [1.54, 1.807) is 14.2 Å². The third-order valence-corrected chi connectivity index (χ3v) is 7.23. The smallest absolute Gasteiger partial charge is 0.119 e. The molecule has 2 aromatic rings. The van der Waals surface area contributed by atoms with Gasteiger partial charge in [0.05, 0.1) is 25.6 Å². The molecule has 4 nitrogen and oxygen atoms in total. The Labute approximate surface area is 208 Å². The number of halogens is 1. The molecule has 0 spiro atoms. The van der Waals surface area contributed by atoms with Crippen molar-refractivity contribution in [2.75, 3.05) is 25.7 Å². The molecular formula is C29H33ClN2O2. The number of methoxy groups -OCH3 is 2. The Morgan fingerprint density at radius 2 is 1.62 bits per heavy atom. The number of rotatable bonds is 6. The molecule has 0 N–H and O–H groups in total. The van der Waals surface area contributed by atoms with Crippen molar-refractivity contribution >= 4 is 28.7 Å². The average Bonchev–Trinajstić information content (AvgIpc) is 3.21. The third-order valence-electron chi connectivity index (χ3n) is 6.97. The van der Waals surface area contributed by atoms with Crippen LogP contribution in [0.3, 0.4) is 0 Å². The van der Waals surface area contributed by atoms with Gasteiger partial charge in [0, 0.05) is 33.8 Å². The summed E-state index contributed by atoms with van der Waals surface area (Å²) in [5.41, 5.74) is 6.43. The van der Waals surface area contributed by atoms with Crippen LogP contribution in [0.4, 0.5) is 11.4 Å². The van der Waals surface area contributed by atoms with Gasteiger partial charge in [-0.25, -0.2) is 0 Å². The lowest BCUT2D eigenvalue weighted by molar-refractivity contribution is 0.413. The number of anilines is 1. The quantitative estimate of drug-likeness (QED) is 0.406. The van der Waals surface area contributed by atoms with E-state index in [9.17, 15) is 0 Å². The molecule has 0 amide bonds. The zero-order chi connectivity index (χ0) is 24.7. The van der Waals surface area contributed by atoms with E-state index in [2.05, 4.69) is 63.8 Å². The number of allylic oxidation sites excluding steroid dienone is 6. The molecule has 0 radical (unpaired) electrons. The van der Waals surface area contributed by atoms with Gasteiger partial charge in [-0.1, -0.05) is 39.3 Å². The first-order valence-electron chi connectivity index (χ1n) is 11.6. The van der Waals surface area contributed by atoms with Gasteiger partial charge in [0.25, 0.3) is 0 Å².